The van der Waals surface area contributed by atoms with E-state index in [1.807, 2.05) is 53.4 Å². The third-order valence-corrected chi connectivity index (χ3v) is 7.04. The van der Waals surface area contributed by atoms with Crippen LogP contribution < -0.4 is 10.2 Å². The van der Waals surface area contributed by atoms with Gasteiger partial charge in [-0.05, 0) is 55.6 Å². The molecule has 3 aromatic rings. The first-order chi connectivity index (χ1) is 17.0. The lowest BCUT2D eigenvalue weighted by Gasteiger charge is -2.30. The number of likely N-dealkylation sites (tertiary alicyclic amines) is 1. The van der Waals surface area contributed by atoms with Crippen LogP contribution in [-0.4, -0.2) is 46.5 Å². The quantitative estimate of drug-likeness (QED) is 0.486. The number of anilines is 1. The molecule has 1 unspecified atom stereocenters. The Morgan fingerprint density at radius 2 is 2.03 bits per heavy atom. The standard InChI is InChI=1S/C26H28BrN5O3/c27-21-8-2-6-19(14-21)25-29-23(35-30-25)17-31-11-3-7-20(16-31)26(34)28-15-18-5-1-9-22(13-18)32-12-4-10-24(32)33/h1-2,5-6,8-9,13-14,20H,3-4,7,10-12,15-17H2,(H,28,34). The highest BCUT2D eigenvalue weighted by atomic mass is 79.9. The van der Waals surface area contributed by atoms with Crippen LogP contribution in [0.3, 0.4) is 0 Å². The summed E-state index contributed by atoms with van der Waals surface area (Å²) in [5.74, 6) is 1.25. The highest BCUT2D eigenvalue weighted by Gasteiger charge is 2.27. The molecule has 2 amide bonds. The van der Waals surface area contributed by atoms with Gasteiger partial charge >= 0.3 is 0 Å². The van der Waals surface area contributed by atoms with Crippen LogP contribution in [0.25, 0.3) is 11.4 Å². The minimum atomic E-state index is -0.0837. The van der Waals surface area contributed by atoms with Crippen LogP contribution >= 0.6 is 15.9 Å². The van der Waals surface area contributed by atoms with E-state index in [0.29, 0.717) is 37.8 Å². The number of hydrogen-bond acceptors (Lipinski definition) is 6. The number of carbonyl (C=O) groups is 2. The fourth-order valence-electron chi connectivity index (χ4n) is 4.76. The zero-order valence-corrected chi connectivity index (χ0v) is 21.0. The molecule has 1 atom stereocenters. The normalized spacial score (nSPS) is 18.7. The molecule has 1 N–H and O–H groups in total. The maximum absolute atomic E-state index is 12.9. The molecule has 8 nitrogen and oxygen atoms in total. The Morgan fingerprint density at radius 3 is 2.86 bits per heavy atom. The van der Waals surface area contributed by atoms with Crippen molar-refractivity contribution in [2.24, 2.45) is 5.92 Å². The Bertz CT molecular complexity index is 1210. The van der Waals surface area contributed by atoms with E-state index in [-0.39, 0.29) is 17.7 Å². The fraction of sp³-hybridized carbons (Fsp3) is 0.385. The molecule has 2 aliphatic heterocycles. The van der Waals surface area contributed by atoms with E-state index in [0.717, 1.165) is 53.6 Å². The van der Waals surface area contributed by atoms with Crippen LogP contribution in [0.15, 0.2) is 57.5 Å². The zero-order valence-electron chi connectivity index (χ0n) is 19.5. The SMILES string of the molecule is O=C(NCc1cccc(N2CCCC2=O)c1)C1CCCN(Cc2nc(-c3cccc(Br)c3)no2)C1. The molecule has 1 aromatic heterocycles. The second kappa shape index (κ2) is 10.7. The highest BCUT2D eigenvalue weighted by Crippen LogP contribution is 2.24. The van der Waals surface area contributed by atoms with Crippen molar-refractivity contribution in [1.29, 1.82) is 0 Å². The lowest BCUT2D eigenvalue weighted by molar-refractivity contribution is -0.127. The number of nitrogens with zero attached hydrogens (tertiary/aromatic N) is 4. The lowest BCUT2D eigenvalue weighted by Crippen LogP contribution is -2.42. The Hall–Kier alpha value is -3.04. The average Bonchev–Trinajstić information content (AvgIpc) is 3.52. The molecular weight excluding hydrogens is 510 g/mol. The molecule has 2 fully saturated rings. The summed E-state index contributed by atoms with van der Waals surface area (Å²) in [5.41, 5.74) is 2.79. The largest absolute Gasteiger partial charge is 0.352 e. The second-order valence-electron chi connectivity index (χ2n) is 9.13. The number of halogens is 1. The second-order valence-corrected chi connectivity index (χ2v) is 10.0. The van der Waals surface area contributed by atoms with Crippen molar-refractivity contribution in [3.8, 4) is 11.4 Å². The van der Waals surface area contributed by atoms with E-state index in [2.05, 4.69) is 36.3 Å². The molecule has 5 rings (SSSR count). The lowest BCUT2D eigenvalue weighted by atomic mass is 9.97. The van der Waals surface area contributed by atoms with E-state index in [1.165, 1.54) is 0 Å². The van der Waals surface area contributed by atoms with Crippen LogP contribution in [0.2, 0.25) is 0 Å². The Balaban J connectivity index is 1.15. The van der Waals surface area contributed by atoms with Gasteiger partial charge in [0.05, 0.1) is 12.5 Å². The average molecular weight is 538 g/mol. The number of aromatic nitrogens is 2. The molecule has 9 heteroatoms. The van der Waals surface area contributed by atoms with Crippen LogP contribution in [-0.2, 0) is 22.7 Å². The Kier molecular flexibility index (Phi) is 7.24. The number of piperidine rings is 1. The first-order valence-electron chi connectivity index (χ1n) is 12.0. The summed E-state index contributed by atoms with van der Waals surface area (Å²) in [5, 5.41) is 7.20. The maximum Gasteiger partial charge on any atom is 0.241 e. The van der Waals surface area contributed by atoms with Gasteiger partial charge in [-0.15, -0.1) is 0 Å². The maximum atomic E-state index is 12.9. The van der Waals surface area contributed by atoms with Crippen LogP contribution in [0, 0.1) is 5.92 Å². The number of hydrogen-bond donors (Lipinski definition) is 1. The minimum Gasteiger partial charge on any atom is -0.352 e. The van der Waals surface area contributed by atoms with Gasteiger partial charge in [-0.3, -0.25) is 14.5 Å². The molecule has 0 saturated carbocycles. The first-order valence-corrected chi connectivity index (χ1v) is 12.8. The van der Waals surface area contributed by atoms with Gasteiger partial charge in [0.2, 0.25) is 23.5 Å². The smallest absolute Gasteiger partial charge is 0.241 e. The molecular formula is C26H28BrN5O3. The van der Waals surface area contributed by atoms with Crippen LogP contribution in [0.1, 0.15) is 37.1 Å². The molecule has 182 valence electrons. The van der Waals surface area contributed by atoms with Gasteiger partial charge in [-0.1, -0.05) is 45.4 Å². The van der Waals surface area contributed by atoms with Crippen molar-refractivity contribution in [1.82, 2.24) is 20.4 Å². The van der Waals surface area contributed by atoms with Gasteiger partial charge in [-0.25, -0.2) is 0 Å². The zero-order chi connectivity index (χ0) is 24.2. The van der Waals surface area contributed by atoms with E-state index < -0.39 is 0 Å². The summed E-state index contributed by atoms with van der Waals surface area (Å²) in [6, 6.07) is 15.7. The number of nitrogens with one attached hydrogen (secondary N) is 1. The van der Waals surface area contributed by atoms with Crippen molar-refractivity contribution >= 4 is 33.4 Å². The van der Waals surface area contributed by atoms with E-state index in [4.69, 9.17) is 4.52 Å². The topological polar surface area (TPSA) is 91.6 Å². The van der Waals surface area contributed by atoms with Gasteiger partial charge < -0.3 is 14.7 Å². The molecule has 0 aliphatic carbocycles. The van der Waals surface area contributed by atoms with Gasteiger partial charge in [0.1, 0.15) is 0 Å². The summed E-state index contributed by atoms with van der Waals surface area (Å²) in [7, 11) is 0. The first kappa shape index (κ1) is 23.7. The predicted molar refractivity (Wildman–Crippen MR) is 135 cm³/mol. The van der Waals surface area contributed by atoms with E-state index in [1.54, 1.807) is 0 Å². The van der Waals surface area contributed by atoms with Gasteiger partial charge in [-0.2, -0.15) is 4.98 Å². The molecule has 2 aliphatic rings. The molecule has 0 spiro atoms. The van der Waals surface area contributed by atoms with Gasteiger partial charge in [0.25, 0.3) is 0 Å². The number of rotatable bonds is 7. The number of amides is 2. The molecule has 0 radical (unpaired) electrons. The Labute approximate surface area is 212 Å². The molecule has 2 aromatic carbocycles. The predicted octanol–water partition coefficient (Wildman–Crippen LogP) is 4.15. The molecule has 0 bridgehead atoms. The summed E-state index contributed by atoms with van der Waals surface area (Å²) in [4.78, 5) is 33.5. The highest BCUT2D eigenvalue weighted by molar-refractivity contribution is 9.10. The summed E-state index contributed by atoms with van der Waals surface area (Å²) >= 11 is 3.47. The summed E-state index contributed by atoms with van der Waals surface area (Å²) in [6.07, 6.45) is 3.30. The van der Waals surface area contributed by atoms with Crippen molar-refractivity contribution in [3.63, 3.8) is 0 Å². The van der Waals surface area contributed by atoms with Gasteiger partial charge in [0, 0.05) is 41.8 Å². The monoisotopic (exact) mass is 537 g/mol. The van der Waals surface area contributed by atoms with Crippen molar-refractivity contribution in [3.05, 3.63) is 64.5 Å². The minimum absolute atomic E-state index is 0.0534. The summed E-state index contributed by atoms with van der Waals surface area (Å²) in [6.45, 7) is 3.28. The van der Waals surface area contributed by atoms with Crippen LogP contribution in [0.4, 0.5) is 5.69 Å². The van der Waals surface area contributed by atoms with Gasteiger partial charge in [0.15, 0.2) is 0 Å². The van der Waals surface area contributed by atoms with Crippen molar-refractivity contribution in [2.45, 2.75) is 38.8 Å². The third kappa shape index (κ3) is 5.79. The Morgan fingerprint density at radius 1 is 1.14 bits per heavy atom. The number of benzene rings is 2. The third-order valence-electron chi connectivity index (χ3n) is 6.55. The van der Waals surface area contributed by atoms with Crippen LogP contribution in [0.5, 0.6) is 0 Å². The van der Waals surface area contributed by atoms with E-state index in [9.17, 15) is 9.59 Å². The molecule has 3 heterocycles. The fourth-order valence-corrected chi connectivity index (χ4v) is 5.16. The van der Waals surface area contributed by atoms with Crippen molar-refractivity contribution < 1.29 is 14.1 Å². The molecule has 2 saturated heterocycles. The summed E-state index contributed by atoms with van der Waals surface area (Å²) < 4.78 is 6.44. The number of carbonyl (C=O) groups excluding carboxylic acids is 2. The van der Waals surface area contributed by atoms with Crippen molar-refractivity contribution in [2.75, 3.05) is 24.5 Å². The molecule has 35 heavy (non-hydrogen) atoms. The van der Waals surface area contributed by atoms with E-state index >= 15 is 0 Å².